The lowest BCUT2D eigenvalue weighted by atomic mass is 10.5. The van der Waals surface area contributed by atoms with Gasteiger partial charge in [0.05, 0.1) is 19.6 Å². The zero-order chi connectivity index (χ0) is 7.82. The van der Waals surface area contributed by atoms with Crippen molar-refractivity contribution in [2.45, 2.75) is 6.42 Å². The fraction of sp³-hybridized carbons (Fsp3) is 0.833. The number of ether oxygens (including phenoxy) is 1. The average Bonchev–Trinajstić information content (AvgIpc) is 1.87. The molecule has 0 aliphatic carbocycles. The molecule has 0 saturated carbocycles. The van der Waals surface area contributed by atoms with Gasteiger partial charge in [0.25, 0.3) is 0 Å². The van der Waals surface area contributed by atoms with Gasteiger partial charge in [-0.3, -0.25) is 4.79 Å². The lowest BCUT2D eigenvalue weighted by Crippen LogP contribution is -2.15. The molecule has 0 rings (SSSR count). The summed E-state index contributed by atoms with van der Waals surface area (Å²) >= 11 is 0. The Morgan fingerprint density at radius 3 is 2.80 bits per heavy atom. The van der Waals surface area contributed by atoms with Crippen LogP contribution >= 0.6 is 0 Å². The Kier molecular flexibility index (Phi) is 6.11. The van der Waals surface area contributed by atoms with Crippen molar-refractivity contribution in [2.24, 2.45) is 0 Å². The smallest absolute Gasteiger partial charge is 0.305 e. The Hall–Kier alpha value is -0.610. The van der Waals surface area contributed by atoms with E-state index in [4.69, 9.17) is 9.84 Å². The lowest BCUT2D eigenvalue weighted by Gasteiger charge is -1.99. The first-order valence-electron chi connectivity index (χ1n) is 3.21. The van der Waals surface area contributed by atoms with Crippen LogP contribution in [0.4, 0.5) is 0 Å². The van der Waals surface area contributed by atoms with Crippen molar-refractivity contribution in [2.75, 3.05) is 26.8 Å². The number of hydrogen-bond acceptors (Lipinski definition) is 3. The third-order valence-corrected chi connectivity index (χ3v) is 0.957. The van der Waals surface area contributed by atoms with Crippen LogP contribution in [0.25, 0.3) is 0 Å². The van der Waals surface area contributed by atoms with Gasteiger partial charge >= 0.3 is 5.97 Å². The third-order valence-electron chi connectivity index (χ3n) is 0.957. The second kappa shape index (κ2) is 6.51. The Morgan fingerprint density at radius 2 is 2.30 bits per heavy atom. The minimum absolute atomic E-state index is 0.0870. The van der Waals surface area contributed by atoms with Gasteiger partial charge in [0.2, 0.25) is 0 Å². The van der Waals surface area contributed by atoms with Crippen molar-refractivity contribution in [1.82, 2.24) is 5.32 Å². The number of aliphatic carboxylic acids is 1. The minimum atomic E-state index is -0.815. The van der Waals surface area contributed by atoms with Crippen molar-refractivity contribution in [3.05, 3.63) is 0 Å². The maximum Gasteiger partial charge on any atom is 0.305 e. The van der Waals surface area contributed by atoms with E-state index in [2.05, 4.69) is 5.32 Å². The van der Waals surface area contributed by atoms with Crippen LogP contribution in [0.1, 0.15) is 6.42 Å². The molecule has 0 aliphatic rings. The molecule has 0 atom stereocenters. The number of carbonyl (C=O) groups is 1. The molecular weight excluding hydrogens is 134 g/mol. The monoisotopic (exact) mass is 147 g/mol. The highest BCUT2D eigenvalue weighted by molar-refractivity contribution is 5.66. The topological polar surface area (TPSA) is 58.6 Å². The van der Waals surface area contributed by atoms with E-state index in [0.717, 1.165) is 6.54 Å². The molecule has 4 nitrogen and oxygen atoms in total. The Bertz CT molecular complexity index is 95.0. The number of hydrogen-bond donors (Lipinski definition) is 2. The lowest BCUT2D eigenvalue weighted by molar-refractivity contribution is -0.138. The molecule has 60 valence electrons. The second-order valence-corrected chi connectivity index (χ2v) is 1.86. The van der Waals surface area contributed by atoms with Crippen LogP contribution in [0.3, 0.4) is 0 Å². The quantitative estimate of drug-likeness (QED) is 0.506. The second-order valence-electron chi connectivity index (χ2n) is 1.86. The summed E-state index contributed by atoms with van der Waals surface area (Å²) in [7, 11) is 1.82. The summed E-state index contributed by atoms with van der Waals surface area (Å²) in [4.78, 5) is 9.94. The Balaban J connectivity index is 2.84. The molecule has 0 aromatic heterocycles. The fourth-order valence-electron chi connectivity index (χ4n) is 0.436. The molecule has 0 aromatic carbocycles. The first-order valence-corrected chi connectivity index (χ1v) is 3.21. The summed E-state index contributed by atoms with van der Waals surface area (Å²) in [6.07, 6.45) is 0.0870. The molecule has 0 aromatic rings. The maximum absolute atomic E-state index is 9.94. The van der Waals surface area contributed by atoms with Crippen LogP contribution < -0.4 is 5.32 Å². The number of carboxylic acids is 1. The summed E-state index contributed by atoms with van der Waals surface area (Å²) in [5.74, 6) is -0.815. The van der Waals surface area contributed by atoms with Gasteiger partial charge < -0.3 is 15.2 Å². The Labute approximate surface area is 60.2 Å². The van der Waals surface area contributed by atoms with Crippen molar-refractivity contribution in [3.63, 3.8) is 0 Å². The zero-order valence-electron chi connectivity index (χ0n) is 6.09. The first-order chi connectivity index (χ1) is 4.77. The molecule has 0 spiro atoms. The van der Waals surface area contributed by atoms with E-state index >= 15 is 0 Å². The molecule has 0 saturated heterocycles. The van der Waals surface area contributed by atoms with Gasteiger partial charge in [0.15, 0.2) is 0 Å². The molecule has 10 heavy (non-hydrogen) atoms. The summed E-state index contributed by atoms with van der Waals surface area (Å²) in [6, 6.07) is 0. The molecule has 0 heterocycles. The molecule has 0 unspecified atom stereocenters. The fourth-order valence-corrected chi connectivity index (χ4v) is 0.436. The van der Waals surface area contributed by atoms with Gasteiger partial charge in [-0.15, -0.1) is 0 Å². The summed E-state index contributed by atoms with van der Waals surface area (Å²) < 4.78 is 4.94. The summed E-state index contributed by atoms with van der Waals surface area (Å²) in [5.41, 5.74) is 0. The molecule has 0 fully saturated rings. The van der Waals surface area contributed by atoms with Crippen LogP contribution in [0.5, 0.6) is 0 Å². The van der Waals surface area contributed by atoms with Crippen LogP contribution in [-0.4, -0.2) is 37.9 Å². The van der Waals surface area contributed by atoms with Crippen LogP contribution in [-0.2, 0) is 9.53 Å². The maximum atomic E-state index is 9.94. The van der Waals surface area contributed by atoms with E-state index in [-0.39, 0.29) is 6.42 Å². The molecule has 0 amide bonds. The van der Waals surface area contributed by atoms with E-state index in [0.29, 0.717) is 13.2 Å². The van der Waals surface area contributed by atoms with E-state index in [1.54, 1.807) is 0 Å². The van der Waals surface area contributed by atoms with Crippen molar-refractivity contribution >= 4 is 5.97 Å². The molecular formula is C6H13NO3. The van der Waals surface area contributed by atoms with E-state index in [9.17, 15) is 4.79 Å². The van der Waals surface area contributed by atoms with Gasteiger partial charge in [-0.25, -0.2) is 0 Å². The number of nitrogens with one attached hydrogen (secondary N) is 1. The van der Waals surface area contributed by atoms with Crippen LogP contribution in [0.15, 0.2) is 0 Å². The van der Waals surface area contributed by atoms with Crippen molar-refractivity contribution in [3.8, 4) is 0 Å². The SMILES string of the molecule is CNCCOCCC(=O)O. The minimum Gasteiger partial charge on any atom is -0.481 e. The number of carboxylic acid groups (broad SMARTS) is 1. The zero-order valence-corrected chi connectivity index (χ0v) is 6.09. The van der Waals surface area contributed by atoms with Gasteiger partial charge in [0, 0.05) is 6.54 Å². The van der Waals surface area contributed by atoms with Gasteiger partial charge in [-0.05, 0) is 7.05 Å². The highest BCUT2D eigenvalue weighted by Gasteiger charge is 1.94. The normalized spacial score (nSPS) is 9.70. The highest BCUT2D eigenvalue weighted by Crippen LogP contribution is 1.80. The van der Waals surface area contributed by atoms with Gasteiger partial charge in [0.1, 0.15) is 0 Å². The average molecular weight is 147 g/mol. The summed E-state index contributed by atoms with van der Waals surface area (Å²) in [6.45, 7) is 1.64. The highest BCUT2D eigenvalue weighted by atomic mass is 16.5. The van der Waals surface area contributed by atoms with E-state index < -0.39 is 5.97 Å². The van der Waals surface area contributed by atoms with Crippen LogP contribution in [0.2, 0.25) is 0 Å². The standard InChI is InChI=1S/C6H13NO3/c1-7-3-5-10-4-2-6(8)9/h7H,2-5H2,1H3,(H,8,9). The van der Waals surface area contributed by atoms with Crippen molar-refractivity contribution < 1.29 is 14.6 Å². The van der Waals surface area contributed by atoms with E-state index in [1.807, 2.05) is 7.05 Å². The van der Waals surface area contributed by atoms with Crippen molar-refractivity contribution in [1.29, 1.82) is 0 Å². The number of rotatable bonds is 6. The molecule has 0 aliphatic heterocycles. The third kappa shape index (κ3) is 7.39. The Morgan fingerprint density at radius 1 is 1.60 bits per heavy atom. The largest absolute Gasteiger partial charge is 0.481 e. The number of likely N-dealkylation sites (N-methyl/N-ethyl adjacent to an activating group) is 1. The predicted octanol–water partition coefficient (Wildman–Crippen LogP) is -0.303. The van der Waals surface area contributed by atoms with Crippen LogP contribution in [0, 0.1) is 0 Å². The molecule has 4 heteroatoms. The van der Waals surface area contributed by atoms with E-state index in [1.165, 1.54) is 0 Å². The molecule has 0 bridgehead atoms. The van der Waals surface area contributed by atoms with Gasteiger partial charge in [-0.2, -0.15) is 0 Å². The van der Waals surface area contributed by atoms with Gasteiger partial charge in [-0.1, -0.05) is 0 Å². The molecule has 2 N–H and O–H groups in total. The molecule has 0 radical (unpaired) electrons. The summed E-state index contributed by atoms with van der Waals surface area (Å²) in [5, 5.41) is 11.1. The predicted molar refractivity (Wildman–Crippen MR) is 37.0 cm³/mol. The first kappa shape index (κ1) is 9.39.